The lowest BCUT2D eigenvalue weighted by atomic mass is 10.1. The fourth-order valence-electron chi connectivity index (χ4n) is 3.80. The van der Waals surface area contributed by atoms with Gasteiger partial charge in [-0.05, 0) is 31.0 Å². The van der Waals surface area contributed by atoms with E-state index in [0.29, 0.717) is 25.3 Å². The summed E-state index contributed by atoms with van der Waals surface area (Å²) in [5, 5.41) is 35.2. The van der Waals surface area contributed by atoms with Crippen LogP contribution in [0.1, 0.15) is 18.7 Å². The fraction of sp³-hybridized carbons (Fsp3) is 0.409. The number of carboxylic acids is 1. The molecule has 1 aliphatic rings. The van der Waals surface area contributed by atoms with Gasteiger partial charge in [-0.15, -0.1) is 0 Å². The molecule has 1 amide bonds. The van der Waals surface area contributed by atoms with Crippen molar-refractivity contribution in [2.24, 2.45) is 0 Å². The van der Waals surface area contributed by atoms with Crippen LogP contribution in [0.4, 0.5) is 11.8 Å². The Bertz CT molecular complexity index is 1230. The zero-order valence-electron chi connectivity index (χ0n) is 19.4. The van der Waals surface area contributed by atoms with Crippen molar-refractivity contribution < 1.29 is 34.4 Å². The van der Waals surface area contributed by atoms with E-state index in [9.17, 15) is 19.8 Å². The second-order valence-electron chi connectivity index (χ2n) is 8.08. The first-order valence-electron chi connectivity index (χ1n) is 11.2. The Morgan fingerprint density at radius 2 is 1.94 bits per heavy atom. The molecule has 7 N–H and O–H groups in total. The molecular weight excluding hydrogens is 474 g/mol. The van der Waals surface area contributed by atoms with Gasteiger partial charge in [-0.2, -0.15) is 9.97 Å². The SMILES string of the molecule is CCNC(=O)[C@H]1O[C@@H](n2cnc3c(N)nc(NCCc4ccc(OCC(=O)O)cc4)nc32)[C@H](O)[C@@H]1O. The number of nitrogen functional groups attached to an aromatic ring is 1. The number of carbonyl (C=O) groups is 2. The summed E-state index contributed by atoms with van der Waals surface area (Å²) in [4.78, 5) is 35.6. The van der Waals surface area contributed by atoms with E-state index in [2.05, 4.69) is 25.6 Å². The van der Waals surface area contributed by atoms with Crippen LogP contribution >= 0.6 is 0 Å². The van der Waals surface area contributed by atoms with Crippen LogP contribution in [-0.4, -0.2) is 84.7 Å². The van der Waals surface area contributed by atoms with Crippen LogP contribution in [0.15, 0.2) is 30.6 Å². The number of rotatable bonds is 10. The van der Waals surface area contributed by atoms with Crippen molar-refractivity contribution in [3.8, 4) is 5.75 Å². The van der Waals surface area contributed by atoms with Gasteiger partial charge in [0.25, 0.3) is 5.91 Å². The van der Waals surface area contributed by atoms with Crippen molar-refractivity contribution in [3.63, 3.8) is 0 Å². The Balaban J connectivity index is 1.45. The first kappa shape index (κ1) is 25.1. The molecule has 0 saturated carbocycles. The summed E-state index contributed by atoms with van der Waals surface area (Å²) in [6.07, 6.45) is -3.23. The first-order chi connectivity index (χ1) is 17.3. The van der Waals surface area contributed by atoms with Crippen LogP contribution in [0.3, 0.4) is 0 Å². The van der Waals surface area contributed by atoms with Gasteiger partial charge in [0.1, 0.15) is 23.5 Å². The maximum atomic E-state index is 12.2. The zero-order chi connectivity index (χ0) is 25.8. The molecule has 1 aliphatic heterocycles. The molecule has 2 aromatic heterocycles. The first-order valence-corrected chi connectivity index (χ1v) is 11.2. The van der Waals surface area contributed by atoms with Gasteiger partial charge in [0.2, 0.25) is 5.95 Å². The van der Waals surface area contributed by atoms with E-state index in [1.807, 2.05) is 12.1 Å². The number of likely N-dealkylation sites (N-methyl/N-ethyl adjacent to an activating group) is 1. The maximum absolute atomic E-state index is 12.2. The summed E-state index contributed by atoms with van der Waals surface area (Å²) in [5.41, 5.74) is 7.57. The zero-order valence-corrected chi connectivity index (χ0v) is 19.4. The van der Waals surface area contributed by atoms with Crippen molar-refractivity contribution in [3.05, 3.63) is 36.2 Å². The number of aliphatic hydroxyl groups excluding tert-OH is 2. The molecule has 0 spiro atoms. The Hall–Kier alpha value is -4.01. The third-order valence-electron chi connectivity index (χ3n) is 5.55. The summed E-state index contributed by atoms with van der Waals surface area (Å²) < 4.78 is 12.2. The highest BCUT2D eigenvalue weighted by molar-refractivity contribution is 5.83. The summed E-state index contributed by atoms with van der Waals surface area (Å²) in [5.74, 6) is -0.799. The standard InChI is InChI=1S/C22H27N7O7/c1-2-24-20(34)17-15(32)16(33)21(36-17)29-10-26-14-18(23)27-22(28-19(14)29)25-8-7-11-3-5-12(6-4-11)35-9-13(30)31/h3-6,10,15-17,21,32-33H,2,7-9H2,1H3,(H,24,34)(H,30,31)(H3,23,25,27,28)/t15-,16+,17-,21+/m0/s1. The van der Waals surface area contributed by atoms with Crippen molar-refractivity contribution in [1.82, 2.24) is 24.8 Å². The third-order valence-corrected chi connectivity index (χ3v) is 5.55. The number of carbonyl (C=O) groups excluding carboxylic acids is 1. The molecular formula is C22H27N7O7. The second-order valence-corrected chi connectivity index (χ2v) is 8.08. The molecule has 0 radical (unpaired) electrons. The summed E-state index contributed by atoms with van der Waals surface area (Å²) >= 11 is 0. The van der Waals surface area contributed by atoms with Gasteiger partial charge in [-0.3, -0.25) is 9.36 Å². The minimum absolute atomic E-state index is 0.106. The van der Waals surface area contributed by atoms with E-state index in [0.717, 1.165) is 5.56 Å². The number of nitrogens with zero attached hydrogens (tertiary/aromatic N) is 4. The van der Waals surface area contributed by atoms with Gasteiger partial charge in [0, 0.05) is 13.1 Å². The van der Waals surface area contributed by atoms with E-state index < -0.39 is 43.0 Å². The number of imidazole rings is 1. The van der Waals surface area contributed by atoms with E-state index in [4.69, 9.17) is 20.3 Å². The maximum Gasteiger partial charge on any atom is 0.341 e. The Morgan fingerprint density at radius 1 is 1.19 bits per heavy atom. The smallest absolute Gasteiger partial charge is 0.341 e. The molecule has 1 aromatic carbocycles. The average Bonchev–Trinajstić information content (AvgIpc) is 3.40. The number of fused-ring (bicyclic) bond motifs is 1. The lowest BCUT2D eigenvalue weighted by Gasteiger charge is -2.16. The minimum Gasteiger partial charge on any atom is -0.482 e. The summed E-state index contributed by atoms with van der Waals surface area (Å²) in [6, 6.07) is 7.02. The van der Waals surface area contributed by atoms with Gasteiger partial charge in [-0.1, -0.05) is 12.1 Å². The highest BCUT2D eigenvalue weighted by Crippen LogP contribution is 2.32. The van der Waals surface area contributed by atoms with Crippen LogP contribution in [-0.2, 0) is 20.7 Å². The minimum atomic E-state index is -1.43. The molecule has 3 heterocycles. The highest BCUT2D eigenvalue weighted by atomic mass is 16.6. The van der Waals surface area contributed by atoms with E-state index in [1.54, 1.807) is 19.1 Å². The number of hydrogen-bond acceptors (Lipinski definition) is 11. The largest absolute Gasteiger partial charge is 0.482 e. The number of aliphatic carboxylic acids is 1. The van der Waals surface area contributed by atoms with Gasteiger partial charge < -0.3 is 41.2 Å². The molecule has 4 atom stereocenters. The van der Waals surface area contributed by atoms with Gasteiger partial charge in [0.15, 0.2) is 30.4 Å². The summed E-state index contributed by atoms with van der Waals surface area (Å²) in [7, 11) is 0. The number of hydrogen-bond donors (Lipinski definition) is 6. The van der Waals surface area contributed by atoms with Gasteiger partial charge >= 0.3 is 5.97 Å². The van der Waals surface area contributed by atoms with Crippen molar-refractivity contribution in [1.29, 1.82) is 0 Å². The topological polar surface area (TPSA) is 207 Å². The number of ether oxygens (including phenoxy) is 2. The van der Waals surface area contributed by atoms with Crippen LogP contribution in [0.25, 0.3) is 11.2 Å². The molecule has 1 saturated heterocycles. The monoisotopic (exact) mass is 501 g/mol. The molecule has 192 valence electrons. The molecule has 0 bridgehead atoms. The number of nitrogens with one attached hydrogen (secondary N) is 2. The average molecular weight is 502 g/mol. The van der Waals surface area contributed by atoms with Crippen molar-refractivity contribution in [2.75, 3.05) is 30.7 Å². The molecule has 4 rings (SSSR count). The van der Waals surface area contributed by atoms with E-state index in [-0.39, 0.29) is 22.9 Å². The van der Waals surface area contributed by atoms with Gasteiger partial charge in [0.05, 0.1) is 6.33 Å². The highest BCUT2D eigenvalue weighted by Gasteiger charge is 2.47. The van der Waals surface area contributed by atoms with Crippen LogP contribution in [0.2, 0.25) is 0 Å². The Kier molecular flexibility index (Phi) is 7.47. The summed E-state index contributed by atoms with van der Waals surface area (Å²) in [6.45, 7) is 2.13. The molecule has 14 heteroatoms. The van der Waals surface area contributed by atoms with Gasteiger partial charge in [-0.25, -0.2) is 9.78 Å². The number of anilines is 2. The number of benzene rings is 1. The van der Waals surface area contributed by atoms with Crippen LogP contribution in [0, 0.1) is 0 Å². The molecule has 0 aliphatic carbocycles. The van der Waals surface area contributed by atoms with Crippen LogP contribution in [0.5, 0.6) is 5.75 Å². The molecule has 36 heavy (non-hydrogen) atoms. The lowest BCUT2D eigenvalue weighted by molar-refractivity contribution is -0.139. The Morgan fingerprint density at radius 3 is 2.64 bits per heavy atom. The van der Waals surface area contributed by atoms with Crippen LogP contribution < -0.4 is 21.1 Å². The molecule has 1 fully saturated rings. The Labute approximate surface area is 205 Å². The second kappa shape index (κ2) is 10.7. The van der Waals surface area contributed by atoms with E-state index in [1.165, 1.54) is 10.9 Å². The predicted octanol–water partition coefficient (Wildman–Crippen LogP) is -0.718. The number of aromatic nitrogens is 4. The number of amides is 1. The van der Waals surface area contributed by atoms with E-state index >= 15 is 0 Å². The number of nitrogens with two attached hydrogens (primary N) is 1. The molecule has 14 nitrogen and oxygen atoms in total. The normalized spacial score (nSPS) is 21.4. The lowest BCUT2D eigenvalue weighted by Crippen LogP contribution is -2.42. The third kappa shape index (κ3) is 5.30. The number of carboxylic acid groups (broad SMARTS) is 1. The number of aliphatic hydroxyl groups is 2. The fourth-order valence-corrected chi connectivity index (χ4v) is 3.80. The van der Waals surface area contributed by atoms with Crippen molar-refractivity contribution >= 4 is 34.8 Å². The molecule has 3 aromatic rings. The predicted molar refractivity (Wildman–Crippen MR) is 126 cm³/mol. The molecule has 0 unspecified atom stereocenters. The van der Waals surface area contributed by atoms with Crippen molar-refractivity contribution in [2.45, 2.75) is 37.9 Å². The quantitative estimate of drug-likeness (QED) is 0.203.